The molecule has 2 amide bonds. The summed E-state index contributed by atoms with van der Waals surface area (Å²) in [4.78, 5) is 39.6. The number of nitrogens with zero attached hydrogens (tertiary/aromatic N) is 1. The highest BCUT2D eigenvalue weighted by Gasteiger charge is 2.26. The van der Waals surface area contributed by atoms with Gasteiger partial charge in [-0.1, -0.05) is 30.3 Å². The number of amides is 2. The molecule has 0 radical (unpaired) electrons. The van der Waals surface area contributed by atoms with Crippen molar-refractivity contribution in [2.24, 2.45) is 0 Å². The Kier molecular flexibility index (Phi) is 6.53. The van der Waals surface area contributed by atoms with E-state index in [2.05, 4.69) is 5.32 Å². The standard InChI is InChI=1S/C20H20N2O4S2/c1-3-26-20(25)15-9-13(2)28-19(15)21-17(23)10-22-16(11-27-12-18(22)24)14-7-5-4-6-8-14/h4-9,11H,3,10,12H2,1-2H3,(H,21,23). The van der Waals surface area contributed by atoms with Crippen LogP contribution in [0.3, 0.4) is 0 Å². The predicted molar refractivity (Wildman–Crippen MR) is 112 cm³/mol. The van der Waals surface area contributed by atoms with E-state index in [9.17, 15) is 14.4 Å². The van der Waals surface area contributed by atoms with Gasteiger partial charge in [-0.25, -0.2) is 4.79 Å². The van der Waals surface area contributed by atoms with Crippen molar-refractivity contribution in [1.29, 1.82) is 0 Å². The molecular weight excluding hydrogens is 396 g/mol. The first-order chi connectivity index (χ1) is 13.5. The van der Waals surface area contributed by atoms with Crippen LogP contribution in [0.4, 0.5) is 5.00 Å². The van der Waals surface area contributed by atoms with Gasteiger partial charge >= 0.3 is 5.97 Å². The van der Waals surface area contributed by atoms with Crippen molar-refractivity contribution < 1.29 is 19.1 Å². The van der Waals surface area contributed by atoms with Crippen molar-refractivity contribution in [3.8, 4) is 0 Å². The van der Waals surface area contributed by atoms with Crippen LogP contribution in [0.25, 0.3) is 5.70 Å². The van der Waals surface area contributed by atoms with Crippen LogP contribution in [-0.2, 0) is 14.3 Å². The molecule has 146 valence electrons. The highest BCUT2D eigenvalue weighted by Crippen LogP contribution is 2.30. The highest BCUT2D eigenvalue weighted by atomic mass is 32.2. The predicted octanol–water partition coefficient (Wildman–Crippen LogP) is 3.75. The zero-order valence-corrected chi connectivity index (χ0v) is 17.2. The van der Waals surface area contributed by atoms with E-state index in [1.807, 2.05) is 42.7 Å². The zero-order chi connectivity index (χ0) is 20.1. The molecular formula is C20H20N2O4S2. The summed E-state index contributed by atoms with van der Waals surface area (Å²) in [5, 5.41) is 5.09. The van der Waals surface area contributed by atoms with Crippen LogP contribution in [0.2, 0.25) is 0 Å². The lowest BCUT2D eigenvalue weighted by Gasteiger charge is -2.28. The minimum absolute atomic E-state index is 0.126. The van der Waals surface area contributed by atoms with Gasteiger partial charge in [0.2, 0.25) is 11.8 Å². The lowest BCUT2D eigenvalue weighted by molar-refractivity contribution is -0.129. The van der Waals surface area contributed by atoms with Gasteiger partial charge < -0.3 is 15.0 Å². The van der Waals surface area contributed by atoms with Crippen LogP contribution in [0.15, 0.2) is 41.8 Å². The molecule has 3 rings (SSSR count). The second-order valence-corrected chi connectivity index (χ2v) is 8.14. The molecule has 1 aliphatic heterocycles. The summed E-state index contributed by atoms with van der Waals surface area (Å²) in [5.74, 6) is -0.683. The van der Waals surface area contributed by atoms with Gasteiger partial charge in [-0.2, -0.15) is 0 Å². The number of thioether (sulfide) groups is 1. The molecule has 6 nitrogen and oxygen atoms in total. The Morgan fingerprint density at radius 1 is 1.25 bits per heavy atom. The second kappa shape index (κ2) is 9.07. The smallest absolute Gasteiger partial charge is 0.341 e. The molecule has 1 aromatic heterocycles. The van der Waals surface area contributed by atoms with Crippen LogP contribution >= 0.6 is 23.1 Å². The summed E-state index contributed by atoms with van der Waals surface area (Å²) >= 11 is 2.71. The minimum Gasteiger partial charge on any atom is -0.462 e. The second-order valence-electron chi connectivity index (χ2n) is 6.03. The van der Waals surface area contributed by atoms with Crippen molar-refractivity contribution >= 4 is 51.6 Å². The van der Waals surface area contributed by atoms with E-state index < -0.39 is 5.97 Å². The van der Waals surface area contributed by atoms with Crippen molar-refractivity contribution in [3.63, 3.8) is 0 Å². The molecule has 28 heavy (non-hydrogen) atoms. The maximum absolute atomic E-state index is 12.7. The van der Waals surface area contributed by atoms with Gasteiger partial charge in [-0.15, -0.1) is 23.1 Å². The van der Waals surface area contributed by atoms with Gasteiger partial charge in [0.05, 0.1) is 23.6 Å². The van der Waals surface area contributed by atoms with Crippen LogP contribution in [0, 0.1) is 6.92 Å². The third-order valence-electron chi connectivity index (χ3n) is 3.97. The van der Waals surface area contributed by atoms with E-state index in [0.717, 1.165) is 10.4 Å². The Morgan fingerprint density at radius 3 is 2.71 bits per heavy atom. The average Bonchev–Trinajstić information content (AvgIpc) is 3.04. The number of nitrogens with one attached hydrogen (secondary N) is 1. The summed E-state index contributed by atoms with van der Waals surface area (Å²) < 4.78 is 5.05. The minimum atomic E-state index is -0.475. The number of benzene rings is 1. The van der Waals surface area contributed by atoms with Crippen molar-refractivity contribution in [2.45, 2.75) is 13.8 Å². The largest absolute Gasteiger partial charge is 0.462 e. The van der Waals surface area contributed by atoms with Crippen LogP contribution in [-0.4, -0.2) is 41.6 Å². The summed E-state index contributed by atoms with van der Waals surface area (Å²) in [6, 6.07) is 11.2. The maximum Gasteiger partial charge on any atom is 0.341 e. The van der Waals surface area contributed by atoms with Crippen LogP contribution in [0.1, 0.15) is 27.7 Å². The number of carbonyl (C=O) groups is 3. The first-order valence-corrected chi connectivity index (χ1v) is 10.6. The summed E-state index contributed by atoms with van der Waals surface area (Å²) in [6.07, 6.45) is 0. The van der Waals surface area contributed by atoms with Crippen molar-refractivity contribution in [3.05, 3.63) is 57.8 Å². The normalized spacial score (nSPS) is 13.9. The Balaban J connectivity index is 1.77. The Bertz CT molecular complexity index is 922. The Labute approximate surface area is 171 Å². The number of esters is 1. The fraction of sp³-hybridized carbons (Fsp3) is 0.250. The topological polar surface area (TPSA) is 75.7 Å². The third kappa shape index (κ3) is 4.63. The van der Waals surface area contributed by atoms with E-state index in [1.54, 1.807) is 13.0 Å². The molecule has 2 aromatic rings. The summed E-state index contributed by atoms with van der Waals surface area (Å²) in [7, 11) is 0. The lowest BCUT2D eigenvalue weighted by Crippen LogP contribution is -2.39. The SMILES string of the molecule is CCOC(=O)c1cc(C)sc1NC(=O)CN1C(=O)CSC=C1c1ccccc1. The molecule has 0 saturated carbocycles. The number of thiophene rings is 1. The molecule has 0 bridgehead atoms. The Hall–Kier alpha value is -2.58. The fourth-order valence-corrected chi connectivity index (χ4v) is 4.47. The summed E-state index contributed by atoms with van der Waals surface area (Å²) in [6.45, 7) is 3.71. The number of anilines is 1. The van der Waals surface area contributed by atoms with Crippen LogP contribution in [0.5, 0.6) is 0 Å². The number of ether oxygens (including phenoxy) is 1. The molecule has 0 atom stereocenters. The average molecular weight is 417 g/mol. The number of aryl methyl sites for hydroxylation is 1. The summed E-state index contributed by atoms with van der Waals surface area (Å²) in [5.41, 5.74) is 1.90. The third-order valence-corrected chi connectivity index (χ3v) is 5.74. The molecule has 0 aliphatic carbocycles. The van der Waals surface area contributed by atoms with E-state index in [-0.39, 0.29) is 30.7 Å². The van der Waals surface area contributed by atoms with Gasteiger partial charge in [0.1, 0.15) is 11.5 Å². The van der Waals surface area contributed by atoms with Gasteiger partial charge in [-0.3, -0.25) is 9.59 Å². The van der Waals surface area contributed by atoms with E-state index in [4.69, 9.17) is 4.74 Å². The number of rotatable bonds is 6. The zero-order valence-electron chi connectivity index (χ0n) is 15.6. The molecule has 1 aromatic carbocycles. The van der Waals surface area contributed by atoms with Gasteiger partial charge in [0, 0.05) is 4.88 Å². The van der Waals surface area contributed by atoms with E-state index in [0.29, 0.717) is 16.3 Å². The highest BCUT2D eigenvalue weighted by molar-refractivity contribution is 8.03. The first-order valence-electron chi connectivity index (χ1n) is 8.74. The van der Waals surface area contributed by atoms with Crippen LogP contribution < -0.4 is 5.32 Å². The van der Waals surface area contributed by atoms with Gasteiger partial charge in [0.15, 0.2) is 0 Å². The van der Waals surface area contributed by atoms with Crippen molar-refractivity contribution in [2.75, 3.05) is 24.2 Å². The maximum atomic E-state index is 12.7. The molecule has 1 N–H and O–H groups in total. The van der Waals surface area contributed by atoms with Gasteiger partial charge in [-0.05, 0) is 30.9 Å². The Morgan fingerprint density at radius 2 is 2.00 bits per heavy atom. The number of hydrogen-bond donors (Lipinski definition) is 1. The van der Waals surface area contributed by atoms with Gasteiger partial charge in [0.25, 0.3) is 0 Å². The first kappa shape index (κ1) is 20.2. The lowest BCUT2D eigenvalue weighted by atomic mass is 10.1. The monoisotopic (exact) mass is 416 g/mol. The van der Waals surface area contributed by atoms with E-state index >= 15 is 0 Å². The molecule has 2 heterocycles. The molecule has 0 spiro atoms. The molecule has 1 aliphatic rings. The quantitative estimate of drug-likeness (QED) is 0.726. The fourth-order valence-electron chi connectivity index (χ4n) is 2.75. The molecule has 8 heteroatoms. The molecule has 0 fully saturated rings. The van der Waals surface area contributed by atoms with E-state index in [1.165, 1.54) is 28.0 Å². The molecule has 0 unspecified atom stereocenters. The number of hydrogen-bond acceptors (Lipinski definition) is 6. The number of carbonyl (C=O) groups excluding carboxylic acids is 3. The van der Waals surface area contributed by atoms with Crippen molar-refractivity contribution in [1.82, 2.24) is 4.90 Å². The molecule has 0 saturated heterocycles.